The molecule has 0 fully saturated rings. The molecule has 1 aromatic rings. The van der Waals surface area contributed by atoms with E-state index in [0.717, 1.165) is 32.6 Å². The average molecular weight is 319 g/mol. The van der Waals surface area contributed by atoms with Gasteiger partial charge in [-0.2, -0.15) is 0 Å². The van der Waals surface area contributed by atoms with Gasteiger partial charge in [0.15, 0.2) is 0 Å². The lowest BCUT2D eigenvalue weighted by Crippen LogP contribution is -2.39. The van der Waals surface area contributed by atoms with Crippen molar-refractivity contribution < 1.29 is 9.53 Å². The number of nitrogens with one attached hydrogen (secondary N) is 1. The van der Waals surface area contributed by atoms with E-state index >= 15 is 0 Å². The van der Waals surface area contributed by atoms with Crippen LogP contribution in [-0.2, 0) is 17.8 Å². The fourth-order valence-corrected chi connectivity index (χ4v) is 2.63. The molecule has 0 saturated heterocycles. The standard InChI is InChI=1S/C18H29N3O2/c1-5-20-10-6-7-16(20)14-19-13-15-8-11-21(12-9-15)17(22)23-18(2,3)4/h6-8,10,19H,5,9,11-14H2,1-4H3. The first kappa shape index (κ1) is 17.6. The maximum Gasteiger partial charge on any atom is 0.410 e. The Balaban J connectivity index is 1.75. The molecule has 1 N–H and O–H groups in total. The van der Waals surface area contributed by atoms with Gasteiger partial charge < -0.3 is 19.5 Å². The molecule has 23 heavy (non-hydrogen) atoms. The number of rotatable bonds is 5. The van der Waals surface area contributed by atoms with E-state index in [4.69, 9.17) is 4.74 Å². The first-order valence-electron chi connectivity index (χ1n) is 8.39. The lowest BCUT2D eigenvalue weighted by Gasteiger charge is -2.29. The summed E-state index contributed by atoms with van der Waals surface area (Å²) in [5.41, 5.74) is 2.23. The van der Waals surface area contributed by atoms with E-state index in [1.54, 1.807) is 4.90 Å². The minimum atomic E-state index is -0.434. The molecule has 0 aliphatic carbocycles. The largest absolute Gasteiger partial charge is 0.444 e. The molecule has 0 unspecified atom stereocenters. The van der Waals surface area contributed by atoms with Crippen LogP contribution in [0, 0.1) is 0 Å². The van der Waals surface area contributed by atoms with E-state index in [2.05, 4.69) is 41.2 Å². The predicted octanol–water partition coefficient (Wildman–Crippen LogP) is 3.16. The Morgan fingerprint density at radius 1 is 1.35 bits per heavy atom. The molecule has 0 aromatic carbocycles. The number of aryl methyl sites for hydroxylation is 1. The molecule has 5 nitrogen and oxygen atoms in total. The minimum Gasteiger partial charge on any atom is -0.444 e. The van der Waals surface area contributed by atoms with Crippen molar-refractivity contribution in [1.29, 1.82) is 0 Å². The van der Waals surface area contributed by atoms with Crippen LogP contribution in [-0.4, -0.2) is 40.8 Å². The SMILES string of the molecule is CCn1cccc1CNCC1=CCN(C(=O)OC(C)(C)C)CC1. The first-order valence-corrected chi connectivity index (χ1v) is 8.39. The summed E-state index contributed by atoms with van der Waals surface area (Å²) in [6.45, 7) is 11.9. The Labute approximate surface area is 139 Å². The summed E-state index contributed by atoms with van der Waals surface area (Å²) in [5.74, 6) is 0. The molecule has 1 aliphatic rings. The molecule has 2 rings (SSSR count). The number of hydrogen-bond acceptors (Lipinski definition) is 3. The molecule has 0 spiro atoms. The molecule has 1 amide bonds. The molecule has 1 aliphatic heterocycles. The molecule has 0 radical (unpaired) electrons. The molecule has 128 valence electrons. The van der Waals surface area contributed by atoms with E-state index in [1.165, 1.54) is 11.3 Å². The van der Waals surface area contributed by atoms with Gasteiger partial charge in [0.05, 0.1) is 0 Å². The monoisotopic (exact) mass is 319 g/mol. The van der Waals surface area contributed by atoms with Crippen molar-refractivity contribution in [2.75, 3.05) is 19.6 Å². The van der Waals surface area contributed by atoms with Crippen molar-refractivity contribution in [1.82, 2.24) is 14.8 Å². The van der Waals surface area contributed by atoms with Gasteiger partial charge in [-0.1, -0.05) is 11.6 Å². The summed E-state index contributed by atoms with van der Waals surface area (Å²) >= 11 is 0. The Morgan fingerprint density at radius 2 is 2.13 bits per heavy atom. The number of amides is 1. The van der Waals surface area contributed by atoms with Crippen LogP contribution in [0.4, 0.5) is 4.79 Å². The van der Waals surface area contributed by atoms with E-state index in [0.29, 0.717) is 6.54 Å². The Kier molecular flexibility index (Phi) is 5.88. The zero-order chi connectivity index (χ0) is 16.9. The van der Waals surface area contributed by atoms with Crippen LogP contribution in [0.1, 0.15) is 39.8 Å². The first-order chi connectivity index (χ1) is 10.9. The fourth-order valence-electron chi connectivity index (χ4n) is 2.63. The molecule has 0 bridgehead atoms. The summed E-state index contributed by atoms with van der Waals surface area (Å²) in [7, 11) is 0. The Hall–Kier alpha value is -1.75. The lowest BCUT2D eigenvalue weighted by molar-refractivity contribution is 0.0265. The second kappa shape index (κ2) is 7.68. The van der Waals surface area contributed by atoms with Crippen LogP contribution in [0.3, 0.4) is 0 Å². The van der Waals surface area contributed by atoms with E-state index < -0.39 is 5.60 Å². The number of nitrogens with zero attached hydrogens (tertiary/aromatic N) is 2. The second-order valence-electron chi connectivity index (χ2n) is 6.93. The quantitative estimate of drug-likeness (QED) is 0.848. The highest BCUT2D eigenvalue weighted by atomic mass is 16.6. The topological polar surface area (TPSA) is 46.5 Å². The number of hydrogen-bond donors (Lipinski definition) is 1. The maximum atomic E-state index is 12.0. The molecule has 2 heterocycles. The summed E-state index contributed by atoms with van der Waals surface area (Å²) < 4.78 is 7.65. The van der Waals surface area contributed by atoms with Crippen LogP contribution in [0.25, 0.3) is 0 Å². The highest BCUT2D eigenvalue weighted by molar-refractivity contribution is 5.68. The molecule has 5 heteroatoms. The van der Waals surface area contributed by atoms with E-state index in [9.17, 15) is 4.79 Å². The summed E-state index contributed by atoms with van der Waals surface area (Å²) in [6, 6.07) is 4.23. The summed E-state index contributed by atoms with van der Waals surface area (Å²) in [5, 5.41) is 3.49. The van der Waals surface area contributed by atoms with Gasteiger partial charge in [0.2, 0.25) is 0 Å². The van der Waals surface area contributed by atoms with Crippen molar-refractivity contribution in [3.8, 4) is 0 Å². The van der Waals surface area contributed by atoms with Gasteiger partial charge in [-0.3, -0.25) is 0 Å². The molecule has 0 saturated carbocycles. The van der Waals surface area contributed by atoms with Crippen molar-refractivity contribution in [2.24, 2.45) is 0 Å². The van der Waals surface area contributed by atoms with Crippen LogP contribution in [0.15, 0.2) is 30.0 Å². The van der Waals surface area contributed by atoms with Crippen LogP contribution in [0.5, 0.6) is 0 Å². The average Bonchev–Trinajstić information content (AvgIpc) is 2.93. The van der Waals surface area contributed by atoms with Crippen LogP contribution < -0.4 is 5.32 Å². The Bertz CT molecular complexity index is 555. The smallest absolute Gasteiger partial charge is 0.410 e. The van der Waals surface area contributed by atoms with Crippen molar-refractivity contribution in [3.63, 3.8) is 0 Å². The van der Waals surface area contributed by atoms with Crippen molar-refractivity contribution in [2.45, 2.75) is 52.8 Å². The summed E-state index contributed by atoms with van der Waals surface area (Å²) in [6.07, 6.45) is 4.93. The van der Waals surface area contributed by atoms with Crippen LogP contribution in [0.2, 0.25) is 0 Å². The highest BCUT2D eigenvalue weighted by Gasteiger charge is 2.23. The van der Waals surface area contributed by atoms with Gasteiger partial charge in [0, 0.05) is 44.6 Å². The number of carbonyl (C=O) groups excluding carboxylic acids is 1. The molecule has 1 aromatic heterocycles. The molecular formula is C18H29N3O2. The van der Waals surface area contributed by atoms with Gasteiger partial charge in [-0.25, -0.2) is 4.79 Å². The van der Waals surface area contributed by atoms with Gasteiger partial charge in [-0.05, 0) is 46.2 Å². The number of aromatic nitrogens is 1. The van der Waals surface area contributed by atoms with E-state index in [-0.39, 0.29) is 6.09 Å². The normalized spacial score (nSPS) is 15.5. The van der Waals surface area contributed by atoms with E-state index in [1.807, 2.05) is 20.8 Å². The predicted molar refractivity (Wildman–Crippen MR) is 92.3 cm³/mol. The zero-order valence-electron chi connectivity index (χ0n) is 14.8. The second-order valence-corrected chi connectivity index (χ2v) is 6.93. The maximum absolute atomic E-state index is 12.0. The number of ether oxygens (including phenoxy) is 1. The van der Waals surface area contributed by atoms with Gasteiger partial charge in [0.25, 0.3) is 0 Å². The molecular weight excluding hydrogens is 290 g/mol. The lowest BCUT2D eigenvalue weighted by atomic mass is 10.1. The van der Waals surface area contributed by atoms with Gasteiger partial charge in [0.1, 0.15) is 5.60 Å². The highest BCUT2D eigenvalue weighted by Crippen LogP contribution is 2.15. The fraction of sp³-hybridized carbons (Fsp3) is 0.611. The number of carbonyl (C=O) groups is 1. The van der Waals surface area contributed by atoms with Crippen LogP contribution >= 0.6 is 0 Å². The third kappa shape index (κ3) is 5.43. The van der Waals surface area contributed by atoms with Crippen molar-refractivity contribution >= 4 is 6.09 Å². The van der Waals surface area contributed by atoms with Gasteiger partial charge in [-0.15, -0.1) is 0 Å². The Morgan fingerprint density at radius 3 is 2.74 bits per heavy atom. The third-order valence-corrected chi connectivity index (χ3v) is 3.88. The summed E-state index contributed by atoms with van der Waals surface area (Å²) in [4.78, 5) is 13.8. The van der Waals surface area contributed by atoms with Crippen molar-refractivity contribution in [3.05, 3.63) is 35.7 Å². The molecule has 0 atom stereocenters. The van der Waals surface area contributed by atoms with Gasteiger partial charge >= 0.3 is 6.09 Å². The minimum absolute atomic E-state index is 0.221. The zero-order valence-corrected chi connectivity index (χ0v) is 14.8. The third-order valence-electron chi connectivity index (χ3n) is 3.88.